The molecule has 0 spiro atoms. The Kier molecular flexibility index (Phi) is 9.39. The van der Waals surface area contributed by atoms with Crippen LogP contribution in [0.4, 0.5) is 0 Å². The van der Waals surface area contributed by atoms with Crippen LogP contribution in [0.3, 0.4) is 0 Å². The zero-order valence-corrected chi connectivity index (χ0v) is 29.6. The Morgan fingerprint density at radius 2 is 0.756 bits per heavy atom. The number of rotatable bonds is 6. The maximum atomic E-state index is 13.8. The van der Waals surface area contributed by atoms with Gasteiger partial charge in [-0.1, -0.05) is 20.8 Å². The van der Waals surface area contributed by atoms with Gasteiger partial charge in [0, 0.05) is 16.6 Å². The van der Waals surface area contributed by atoms with Crippen molar-refractivity contribution in [3.63, 3.8) is 0 Å². The van der Waals surface area contributed by atoms with Crippen LogP contribution in [0, 0.1) is 17.8 Å². The zero-order chi connectivity index (χ0) is 34.1. The molecule has 45 heavy (non-hydrogen) atoms. The summed E-state index contributed by atoms with van der Waals surface area (Å²) < 4.78 is 0. The van der Waals surface area contributed by atoms with E-state index in [1.54, 1.807) is 0 Å². The Morgan fingerprint density at radius 3 is 1.04 bits per heavy atom. The van der Waals surface area contributed by atoms with Gasteiger partial charge in [0.2, 0.25) is 0 Å². The molecule has 6 unspecified atom stereocenters. The van der Waals surface area contributed by atoms with Crippen LogP contribution < -0.4 is 0 Å². The van der Waals surface area contributed by atoms with Crippen molar-refractivity contribution in [2.24, 2.45) is 17.8 Å². The first-order valence-corrected chi connectivity index (χ1v) is 16.7. The van der Waals surface area contributed by atoms with Crippen LogP contribution in [0.1, 0.15) is 147 Å². The first kappa shape index (κ1) is 35.4. The minimum Gasteiger partial charge on any atom is -0.478 e. The molecule has 0 aromatic heterocycles. The number of benzene rings is 1. The zero-order valence-electron chi connectivity index (χ0n) is 29.6. The average molecular weight is 628 g/mol. The molecular formula is C36H57N3O6. The van der Waals surface area contributed by atoms with Crippen molar-refractivity contribution in [1.29, 1.82) is 0 Å². The van der Waals surface area contributed by atoms with Crippen molar-refractivity contribution >= 4 is 17.9 Å². The standard InChI is InChI=1S/C36H57N3O6/c1-19-22(13-16-37(10)34(19,4)5)25-26(23-14-17-38(11)35(6,7)20(23)2)29(32(42)43)30(33(44)45)27(28(25)31(40)41)24-15-18-39(12)36(8,9)21(24)3/h19-24H,13-18H2,1-12H3,(H,40,41)(H,42,43)(H,44,45). The van der Waals surface area contributed by atoms with Crippen LogP contribution in [0.5, 0.6) is 0 Å². The van der Waals surface area contributed by atoms with E-state index in [1.807, 2.05) is 7.05 Å². The Morgan fingerprint density at radius 1 is 0.511 bits per heavy atom. The predicted molar refractivity (Wildman–Crippen MR) is 177 cm³/mol. The number of likely N-dealkylation sites (tertiary alicyclic amines) is 3. The van der Waals surface area contributed by atoms with Gasteiger partial charge in [0.15, 0.2) is 0 Å². The van der Waals surface area contributed by atoms with Gasteiger partial charge in [0.1, 0.15) is 0 Å². The fourth-order valence-corrected chi connectivity index (χ4v) is 8.94. The molecule has 3 saturated heterocycles. The van der Waals surface area contributed by atoms with Gasteiger partial charge in [0.05, 0.1) is 16.7 Å². The van der Waals surface area contributed by atoms with E-state index < -0.39 is 23.8 Å². The van der Waals surface area contributed by atoms with Crippen molar-refractivity contribution < 1.29 is 29.7 Å². The molecule has 0 amide bonds. The minimum absolute atomic E-state index is 0.0146. The maximum absolute atomic E-state index is 13.8. The summed E-state index contributed by atoms with van der Waals surface area (Å²) in [7, 11) is 6.17. The summed E-state index contributed by atoms with van der Waals surface area (Å²) in [6, 6.07) is 0. The molecule has 1 aromatic rings. The number of aromatic carboxylic acids is 3. The molecule has 0 bridgehead atoms. The fraction of sp³-hybridized carbons (Fsp3) is 0.750. The lowest BCUT2D eigenvalue weighted by Gasteiger charge is -2.53. The fourth-order valence-electron chi connectivity index (χ4n) is 8.94. The second-order valence-corrected chi connectivity index (χ2v) is 16.1. The van der Waals surface area contributed by atoms with Crippen molar-refractivity contribution in [2.75, 3.05) is 40.8 Å². The monoisotopic (exact) mass is 627 g/mol. The molecule has 3 heterocycles. The van der Waals surface area contributed by atoms with Crippen molar-refractivity contribution in [1.82, 2.24) is 14.7 Å². The molecule has 9 heteroatoms. The predicted octanol–water partition coefficient (Wildman–Crippen LogP) is 6.28. The summed E-state index contributed by atoms with van der Waals surface area (Å²) in [5, 5.41) is 33.2. The third-order valence-electron chi connectivity index (χ3n) is 13.8. The van der Waals surface area contributed by atoms with Crippen LogP contribution in [0.25, 0.3) is 0 Å². The average Bonchev–Trinajstić information content (AvgIpc) is 2.93. The molecule has 252 valence electrons. The molecule has 3 N–H and O–H groups in total. The summed E-state index contributed by atoms with van der Waals surface area (Å²) in [5.74, 6) is -5.00. The van der Waals surface area contributed by atoms with E-state index in [1.165, 1.54) is 0 Å². The Balaban J connectivity index is 2.23. The largest absolute Gasteiger partial charge is 0.478 e. The Hall–Kier alpha value is -2.49. The highest BCUT2D eigenvalue weighted by Gasteiger charge is 2.51. The van der Waals surface area contributed by atoms with E-state index in [9.17, 15) is 29.7 Å². The van der Waals surface area contributed by atoms with Gasteiger partial charge in [-0.3, -0.25) is 0 Å². The number of piperidine rings is 3. The number of hydrogen-bond donors (Lipinski definition) is 3. The molecule has 3 fully saturated rings. The lowest BCUT2D eigenvalue weighted by molar-refractivity contribution is 0.0301. The van der Waals surface area contributed by atoms with Crippen LogP contribution in [-0.2, 0) is 0 Å². The topological polar surface area (TPSA) is 122 Å². The highest BCUT2D eigenvalue weighted by atomic mass is 16.4. The molecular weight excluding hydrogens is 570 g/mol. The minimum atomic E-state index is -1.36. The second kappa shape index (κ2) is 11.9. The van der Waals surface area contributed by atoms with E-state index >= 15 is 0 Å². The number of carboxylic acids is 3. The molecule has 9 nitrogen and oxygen atoms in total. The lowest BCUT2D eigenvalue weighted by Crippen LogP contribution is -2.55. The molecule has 1 aromatic carbocycles. The number of nitrogens with zero attached hydrogens (tertiary/aromatic N) is 3. The molecule has 4 rings (SSSR count). The molecule has 6 atom stereocenters. The summed E-state index contributed by atoms with van der Waals surface area (Å²) >= 11 is 0. The van der Waals surface area contributed by atoms with E-state index in [-0.39, 0.29) is 68.5 Å². The van der Waals surface area contributed by atoms with Crippen LogP contribution in [0.15, 0.2) is 0 Å². The maximum Gasteiger partial charge on any atom is 0.336 e. The first-order chi connectivity index (χ1) is 20.6. The lowest BCUT2D eigenvalue weighted by atomic mass is 9.60. The van der Waals surface area contributed by atoms with Crippen LogP contribution >= 0.6 is 0 Å². The number of carboxylic acid groups (broad SMARTS) is 3. The highest BCUT2D eigenvalue weighted by molar-refractivity contribution is 6.08. The summed E-state index contributed by atoms with van der Waals surface area (Å²) in [4.78, 5) is 47.5. The molecule has 3 aliphatic heterocycles. The summed E-state index contributed by atoms with van der Waals surface area (Å²) in [5.41, 5.74) is -0.179. The summed E-state index contributed by atoms with van der Waals surface area (Å²) in [6.07, 6.45) is 1.83. The molecule has 3 aliphatic rings. The third-order valence-corrected chi connectivity index (χ3v) is 13.8. The van der Waals surface area contributed by atoms with Crippen molar-refractivity contribution in [3.05, 3.63) is 33.4 Å². The van der Waals surface area contributed by atoms with E-state index in [0.29, 0.717) is 43.5 Å². The summed E-state index contributed by atoms with van der Waals surface area (Å²) in [6.45, 7) is 21.2. The van der Waals surface area contributed by atoms with E-state index in [4.69, 9.17) is 0 Å². The SMILES string of the molecule is CC1C(c2c(C(=O)O)c(C(=O)O)c(C3CCN(C)C(C)(C)C3C)c(C3CCN(C)C(C)(C)C3C)c2C(=O)O)CCN(C)C1(C)C. The van der Waals surface area contributed by atoms with Gasteiger partial charge >= 0.3 is 17.9 Å². The van der Waals surface area contributed by atoms with E-state index in [2.05, 4.69) is 91.1 Å². The number of carbonyl (C=O) groups is 3. The Bertz CT molecular complexity index is 1370. The van der Waals surface area contributed by atoms with Gasteiger partial charge in [0.25, 0.3) is 0 Å². The van der Waals surface area contributed by atoms with Gasteiger partial charge in [-0.05, 0) is 154 Å². The first-order valence-electron chi connectivity index (χ1n) is 16.7. The van der Waals surface area contributed by atoms with E-state index in [0.717, 1.165) is 6.54 Å². The smallest absolute Gasteiger partial charge is 0.336 e. The second-order valence-electron chi connectivity index (χ2n) is 16.1. The van der Waals surface area contributed by atoms with Gasteiger partial charge in [-0.2, -0.15) is 0 Å². The van der Waals surface area contributed by atoms with Crippen molar-refractivity contribution in [2.45, 2.75) is 116 Å². The van der Waals surface area contributed by atoms with Gasteiger partial charge in [-0.15, -0.1) is 0 Å². The number of hydrogen-bond acceptors (Lipinski definition) is 6. The normalized spacial score (nSPS) is 32.3. The van der Waals surface area contributed by atoms with Crippen LogP contribution in [-0.4, -0.2) is 105 Å². The van der Waals surface area contributed by atoms with Gasteiger partial charge in [-0.25, -0.2) is 14.4 Å². The quantitative estimate of drug-likeness (QED) is 0.334. The molecule has 0 radical (unpaired) electrons. The van der Waals surface area contributed by atoms with Crippen LogP contribution in [0.2, 0.25) is 0 Å². The van der Waals surface area contributed by atoms with Gasteiger partial charge < -0.3 is 30.0 Å². The van der Waals surface area contributed by atoms with Crippen molar-refractivity contribution in [3.8, 4) is 0 Å². The molecule has 0 aliphatic carbocycles. The Labute approximate surface area is 270 Å². The molecule has 0 saturated carbocycles. The third kappa shape index (κ3) is 5.50. The highest BCUT2D eigenvalue weighted by Crippen LogP contribution is 2.54.